The summed E-state index contributed by atoms with van der Waals surface area (Å²) >= 11 is 10.2. The second-order valence-corrected chi connectivity index (χ2v) is 26.3. The Bertz CT molecular complexity index is 3490. The van der Waals surface area contributed by atoms with Gasteiger partial charge in [-0.1, -0.05) is 24.4 Å². The number of phosphoric acid groups is 6. The summed E-state index contributed by atoms with van der Waals surface area (Å²) in [6.07, 6.45) is -11.1. The molecule has 0 spiro atoms. The minimum Gasteiger partial charge on any atom is -0.756 e. The van der Waals surface area contributed by atoms with Crippen molar-refractivity contribution >= 4 is 123 Å². The van der Waals surface area contributed by atoms with Crippen LogP contribution in [0.3, 0.4) is 0 Å². The Hall–Kier alpha value is 2.01. The number of H-pyrrole nitrogens is 2. The summed E-state index contributed by atoms with van der Waals surface area (Å²) in [5.41, 5.74) is 22.8. The van der Waals surface area contributed by atoms with E-state index in [9.17, 15) is 86.5 Å². The number of aliphatic hydroxyl groups excluding tert-OH is 3. The first kappa shape index (κ1) is 95.1. The maximum Gasteiger partial charge on any atom is 1.00 e. The van der Waals surface area contributed by atoms with Gasteiger partial charge in [-0.25, -0.2) is 37.2 Å². The number of aromatic amines is 2. The third kappa shape index (κ3) is 30.2. The van der Waals surface area contributed by atoms with Crippen LogP contribution in [0.1, 0.15) is 19.4 Å². The quantitative estimate of drug-likeness (QED) is 0.0104. The number of hydrogen-bond donors (Lipinski definition) is 14. The van der Waals surface area contributed by atoms with E-state index in [0.29, 0.717) is 0 Å². The van der Waals surface area contributed by atoms with Gasteiger partial charge < -0.3 is 131 Å². The number of aromatic nitrogens is 8. The van der Waals surface area contributed by atoms with Gasteiger partial charge in [0.2, 0.25) is 17.7 Å². The minimum atomic E-state index is -6.19. The second kappa shape index (κ2) is 41.2. The molecule has 2 aliphatic heterocycles. The largest absolute Gasteiger partial charge is 1.00 e. The molecule has 10 unspecified atom stereocenters. The monoisotopic (exact) mass is 1510 g/mol. The van der Waals surface area contributed by atoms with E-state index in [-0.39, 0.29) is 247 Å². The van der Waals surface area contributed by atoms with Crippen molar-refractivity contribution in [2.24, 2.45) is 11.5 Å². The molecule has 0 saturated carbocycles. The van der Waals surface area contributed by atoms with Crippen LogP contribution in [0.2, 0.25) is 0 Å². The molecule has 59 heteroatoms. The molecule has 91 heavy (non-hydrogen) atoms. The van der Waals surface area contributed by atoms with E-state index < -0.39 is 152 Å². The SMILES string of the molecule is CC(O)C(N)C(=O)NCCNC(=O)COC1[C@@H](O)[C@@H](COP(=O)([O-])OP(=O)([O-])OP(=O)([O-])O)O[C@H]1n1cnc2c(=S)nc(N)[nH]c21.NCCNC(=O)COC1[C@@H](O)[C@@H](COP(=O)([O-])OP(=O)([O-])OP(=O)([O-])O)O[C@H]1n1cnc2c(=S)nc(N)[nH]c21.[Na+].[Na+].[Na+].[Na+].[Na+].[Na+]. The number of nitrogens with one attached hydrogen (secondary N) is 5. The maximum atomic E-state index is 12.4. The Labute approximate surface area is 654 Å². The maximum absolute atomic E-state index is 12.4. The van der Waals surface area contributed by atoms with Gasteiger partial charge >= 0.3 is 177 Å². The van der Waals surface area contributed by atoms with Crippen LogP contribution < -0.4 is 246 Å². The number of fused-ring (bicyclic) bond motifs is 2. The smallest absolute Gasteiger partial charge is 0.756 e. The number of rotatable bonds is 29. The van der Waals surface area contributed by atoms with Crippen molar-refractivity contribution in [2.45, 2.75) is 68.1 Å². The van der Waals surface area contributed by atoms with Crippen molar-refractivity contribution in [2.75, 3.05) is 64.1 Å². The van der Waals surface area contributed by atoms with Crippen LogP contribution in [0.5, 0.6) is 0 Å². The predicted octanol–water partition coefficient (Wildman–Crippen LogP) is -26.6. The summed E-state index contributed by atoms with van der Waals surface area (Å²) < 4.78 is 115. The van der Waals surface area contributed by atoms with Crippen molar-refractivity contribution in [3.05, 3.63) is 21.9 Å². The van der Waals surface area contributed by atoms with Gasteiger partial charge in [-0.3, -0.25) is 50.9 Å². The number of imidazole rings is 2. The van der Waals surface area contributed by atoms with Gasteiger partial charge in [0, 0.05) is 26.2 Å². The van der Waals surface area contributed by atoms with E-state index in [1.807, 2.05) is 0 Å². The fourth-order valence-electron chi connectivity index (χ4n) is 7.10. The number of amides is 3. The average Bonchev–Trinajstić information content (AvgIpc) is 3.21. The van der Waals surface area contributed by atoms with Crippen LogP contribution in [0.4, 0.5) is 11.9 Å². The van der Waals surface area contributed by atoms with Crippen LogP contribution in [-0.4, -0.2) is 183 Å². The first-order chi connectivity index (χ1) is 39.2. The molecular formula is C32H49N15Na6O30P6S2. The normalized spacial score (nSPS) is 23.9. The number of carbonyl (C=O) groups excluding carboxylic acids is 3. The molecule has 2 fully saturated rings. The number of phosphoric ester groups is 2. The first-order valence-electron chi connectivity index (χ1n) is 23.0. The van der Waals surface area contributed by atoms with E-state index in [1.165, 1.54) is 28.7 Å². The summed E-state index contributed by atoms with van der Waals surface area (Å²) in [6.45, 7) is -2.15. The molecule has 3 amide bonds. The third-order valence-electron chi connectivity index (χ3n) is 10.6. The topological polar surface area (TPSA) is 719 Å². The Balaban J connectivity index is 0. The molecule has 0 aromatic carbocycles. The summed E-state index contributed by atoms with van der Waals surface area (Å²) in [6, 6.07) is -1.19. The van der Waals surface area contributed by atoms with Crippen molar-refractivity contribution in [3.63, 3.8) is 0 Å². The number of ether oxygens (including phenoxy) is 4. The molecule has 2 aliphatic rings. The molecule has 18 N–H and O–H groups in total. The Morgan fingerprint density at radius 1 is 0.648 bits per heavy atom. The van der Waals surface area contributed by atoms with Gasteiger partial charge in [-0.2, -0.15) is 0 Å². The van der Waals surface area contributed by atoms with Crippen LogP contribution in [0.15, 0.2) is 12.7 Å². The van der Waals surface area contributed by atoms with Crippen molar-refractivity contribution in [1.82, 2.24) is 55.0 Å². The van der Waals surface area contributed by atoms with E-state index in [1.54, 1.807) is 0 Å². The molecule has 16 atom stereocenters. The summed E-state index contributed by atoms with van der Waals surface area (Å²) in [7, 11) is -36.1. The molecule has 0 bridgehead atoms. The van der Waals surface area contributed by atoms with Crippen molar-refractivity contribution < 1.29 is 319 Å². The summed E-state index contributed by atoms with van der Waals surface area (Å²) in [5, 5.41) is 38.3. The van der Waals surface area contributed by atoms with E-state index in [0.717, 1.165) is 0 Å². The molecule has 0 aliphatic carbocycles. The van der Waals surface area contributed by atoms with Gasteiger partial charge in [0.15, 0.2) is 33.6 Å². The molecule has 45 nitrogen and oxygen atoms in total. The average molecular weight is 1510 g/mol. The number of hydrogen-bond acceptors (Lipinski definition) is 38. The summed E-state index contributed by atoms with van der Waals surface area (Å²) in [5.74, 6) is -2.27. The van der Waals surface area contributed by atoms with Crippen molar-refractivity contribution in [1.29, 1.82) is 0 Å². The summed E-state index contributed by atoms with van der Waals surface area (Å²) in [4.78, 5) is 142. The Morgan fingerprint density at radius 3 is 1.34 bits per heavy atom. The zero-order valence-electron chi connectivity index (χ0n) is 48.5. The van der Waals surface area contributed by atoms with Crippen molar-refractivity contribution in [3.8, 4) is 0 Å². The molecular weight excluding hydrogens is 1460 g/mol. The van der Waals surface area contributed by atoms with E-state index >= 15 is 0 Å². The van der Waals surface area contributed by atoms with Gasteiger partial charge in [-0.05, 0) is 6.92 Å². The molecule has 0 radical (unpaired) electrons. The fraction of sp³-hybridized carbons (Fsp3) is 0.594. The zero-order chi connectivity index (χ0) is 63.8. The van der Waals surface area contributed by atoms with Crippen LogP contribution in [0.25, 0.3) is 22.3 Å². The number of nitrogens with zero attached hydrogens (tertiary/aromatic N) is 6. The Kier molecular flexibility index (Phi) is 43.0. The number of carbonyl (C=O) groups is 3. The molecule has 6 rings (SSSR count). The van der Waals surface area contributed by atoms with Crippen LogP contribution in [-0.2, 0) is 87.0 Å². The molecule has 4 aromatic heterocycles. The zero-order valence-corrected chi connectivity index (χ0v) is 67.5. The van der Waals surface area contributed by atoms with Gasteiger partial charge in [0.05, 0.1) is 32.0 Å². The molecule has 4 aromatic rings. The first-order valence-corrected chi connectivity index (χ1v) is 32.6. The number of anilines is 2. The van der Waals surface area contributed by atoms with Crippen LogP contribution in [0, 0.1) is 9.28 Å². The third-order valence-corrected chi connectivity index (χ3v) is 18.5. The Morgan fingerprint density at radius 2 is 1.00 bits per heavy atom. The van der Waals surface area contributed by atoms with Gasteiger partial charge in [0.1, 0.15) is 78.2 Å². The number of aliphatic hydroxyl groups is 3. The van der Waals surface area contributed by atoms with E-state index in [4.69, 9.17) is 76.1 Å². The fourth-order valence-corrected chi connectivity index (χ4v) is 13.4. The second-order valence-electron chi connectivity index (χ2n) is 16.9. The molecule has 6 heterocycles. The standard InChI is InChI=1S/C18H31N8O16P3S.C14H24N7O14P3S.6Na/c1-7(27)10(19)15(30)22-3-2-21-9(28)5-38-13-12(29)8(4-39-44(34,35)42-45(36,37)41-43(31,32)33)40-17(13)26-6-23-11-14(26)24-18(20)25-16(11)46;15-1-2-17-7(22)4-31-10-9(23)6(3-32-37(27,28)35-38(29,30)34-36(24,25)26)33-13(10)21-5-18-8-11(21)19-14(16)20-12(8)39;;;;;;/h6-8,10,12-13,17,27,29H,2-5,19H2,1H3,(H,21,28)(H,22,30)(H,34,35)(H,36,37)(H2,31,32,33)(H3,20,24,25,46);5-6,9-10,13,23H,1-4,15H2,(H,17,22)(H,27,28)(H,29,30)(H2,24,25,26)(H3,16,19,20,39);;;;;;/q;;6*+1/p-6/t7?,8-,10?,12+,13?,17-;6-,9+,10?,13-;;;;;;/m11....../s1. The number of nitrogen functional groups attached to an aromatic ring is 2. The predicted molar refractivity (Wildman–Crippen MR) is 268 cm³/mol. The van der Waals surface area contributed by atoms with Gasteiger partial charge in [-0.15, -0.1) is 0 Å². The van der Waals surface area contributed by atoms with Gasteiger partial charge in [0.25, 0.3) is 46.9 Å². The molecule has 480 valence electrons. The number of nitrogens with two attached hydrogens (primary N) is 4. The molecule has 2 saturated heterocycles. The van der Waals surface area contributed by atoms with E-state index in [2.05, 4.69) is 72.1 Å². The minimum absolute atomic E-state index is 0. The van der Waals surface area contributed by atoms with Crippen LogP contribution >= 0.6 is 71.4 Å².